The van der Waals surface area contributed by atoms with E-state index in [0.717, 1.165) is 42.6 Å². The summed E-state index contributed by atoms with van der Waals surface area (Å²) in [6, 6.07) is 14.5. The Balaban J connectivity index is 1.61. The number of carbonyl (C=O) groups is 1. The highest BCUT2D eigenvalue weighted by Gasteiger charge is 2.28. The first-order chi connectivity index (χ1) is 16.5. The second-order valence-electron chi connectivity index (χ2n) is 8.55. The Labute approximate surface area is 204 Å². The molecule has 34 heavy (non-hydrogen) atoms. The summed E-state index contributed by atoms with van der Waals surface area (Å²) in [7, 11) is 0. The highest BCUT2D eigenvalue weighted by molar-refractivity contribution is 6.30. The molecule has 7 nitrogen and oxygen atoms in total. The molecule has 180 valence electrons. The number of H-pyrrole nitrogens is 1. The van der Waals surface area contributed by atoms with Gasteiger partial charge in [-0.15, -0.1) is 0 Å². The molecule has 1 aliphatic heterocycles. The fourth-order valence-electron chi connectivity index (χ4n) is 4.54. The number of hydrogen-bond donors (Lipinski definition) is 2. The van der Waals surface area contributed by atoms with Crippen molar-refractivity contribution < 1.29 is 9.53 Å². The average molecular weight is 483 g/mol. The fraction of sp³-hybridized carbons (Fsp3) is 0.385. The van der Waals surface area contributed by atoms with E-state index in [2.05, 4.69) is 22.1 Å². The molecule has 8 heteroatoms. The Kier molecular flexibility index (Phi) is 7.75. The summed E-state index contributed by atoms with van der Waals surface area (Å²) in [5, 5.41) is 4.43. The molecule has 0 aliphatic carbocycles. The zero-order valence-electron chi connectivity index (χ0n) is 19.6. The van der Waals surface area contributed by atoms with Gasteiger partial charge in [0.15, 0.2) is 0 Å². The summed E-state index contributed by atoms with van der Waals surface area (Å²) in [5.41, 5.74) is 1.74. The molecule has 1 aromatic heterocycles. The van der Waals surface area contributed by atoms with Crippen LogP contribution in [-0.4, -0.2) is 53.1 Å². The van der Waals surface area contributed by atoms with Crippen LogP contribution in [0.4, 0.5) is 10.5 Å². The molecular weight excluding hydrogens is 452 g/mol. The number of likely N-dealkylation sites (N-methyl/N-ethyl adjacent to an activating group) is 1. The predicted octanol–water partition coefficient (Wildman–Crippen LogP) is 5.10. The van der Waals surface area contributed by atoms with E-state index in [1.807, 2.05) is 31.2 Å². The van der Waals surface area contributed by atoms with Crippen LogP contribution in [0.2, 0.25) is 5.02 Å². The number of hydrogen-bond acceptors (Lipinski definition) is 4. The van der Waals surface area contributed by atoms with Gasteiger partial charge in [0.2, 0.25) is 0 Å². The van der Waals surface area contributed by atoms with Crippen LogP contribution >= 0.6 is 11.6 Å². The molecule has 3 aromatic rings. The number of fused-ring (bicyclic) bond motifs is 1. The van der Waals surface area contributed by atoms with Gasteiger partial charge in [-0.25, -0.2) is 4.79 Å². The molecule has 0 radical (unpaired) electrons. The molecule has 2 heterocycles. The van der Waals surface area contributed by atoms with Crippen LogP contribution in [0.1, 0.15) is 32.3 Å². The molecule has 1 atom stereocenters. The Morgan fingerprint density at radius 2 is 2.00 bits per heavy atom. The van der Waals surface area contributed by atoms with Crippen molar-refractivity contribution in [1.82, 2.24) is 14.8 Å². The van der Waals surface area contributed by atoms with Crippen molar-refractivity contribution in [3.63, 3.8) is 0 Å². The quantitative estimate of drug-likeness (QED) is 0.468. The van der Waals surface area contributed by atoms with Gasteiger partial charge >= 0.3 is 6.03 Å². The largest absolute Gasteiger partial charge is 0.494 e. The first kappa shape index (κ1) is 24.1. The van der Waals surface area contributed by atoms with E-state index in [0.29, 0.717) is 29.4 Å². The number of carbonyl (C=O) groups excluding carboxylic acids is 1. The van der Waals surface area contributed by atoms with Gasteiger partial charge in [0.05, 0.1) is 13.2 Å². The standard InChI is InChI=1S/C26H31ClN4O3/c1-3-30-13-5-6-22(30)17-31(26(33)28-21-9-7-20(27)8-10-21)16-19-14-18-15-23(34-4-2)11-12-24(18)29-25(19)32/h7-12,14-15,22H,3-6,13,16-17H2,1-2H3,(H,28,33)(H,29,32)/t22-/m0/s1. The second-order valence-corrected chi connectivity index (χ2v) is 8.98. The number of halogens is 1. The molecule has 2 N–H and O–H groups in total. The first-order valence-electron chi connectivity index (χ1n) is 11.8. The average Bonchev–Trinajstić information content (AvgIpc) is 3.28. The van der Waals surface area contributed by atoms with Crippen molar-refractivity contribution in [1.29, 1.82) is 0 Å². The summed E-state index contributed by atoms with van der Waals surface area (Å²) >= 11 is 5.98. The number of nitrogens with one attached hydrogen (secondary N) is 2. The molecule has 1 fully saturated rings. The van der Waals surface area contributed by atoms with E-state index < -0.39 is 0 Å². The maximum Gasteiger partial charge on any atom is 0.322 e. The third kappa shape index (κ3) is 5.72. The third-order valence-corrected chi connectivity index (χ3v) is 6.54. The van der Waals surface area contributed by atoms with E-state index in [9.17, 15) is 9.59 Å². The molecule has 1 aliphatic rings. The van der Waals surface area contributed by atoms with Crippen LogP contribution in [0.3, 0.4) is 0 Å². The zero-order chi connectivity index (χ0) is 24.1. The van der Waals surface area contributed by atoms with Crippen molar-refractivity contribution in [3.05, 3.63) is 69.5 Å². The van der Waals surface area contributed by atoms with Crippen molar-refractivity contribution in [2.75, 3.05) is 31.6 Å². The number of aromatic amines is 1. The smallest absolute Gasteiger partial charge is 0.322 e. The minimum atomic E-state index is -0.243. The van der Waals surface area contributed by atoms with Gasteiger partial charge in [-0.2, -0.15) is 0 Å². The molecular formula is C26H31ClN4O3. The van der Waals surface area contributed by atoms with Gasteiger partial charge in [0, 0.05) is 39.8 Å². The predicted molar refractivity (Wildman–Crippen MR) is 137 cm³/mol. The van der Waals surface area contributed by atoms with E-state index >= 15 is 0 Å². The minimum Gasteiger partial charge on any atom is -0.494 e. The van der Waals surface area contributed by atoms with Crippen molar-refractivity contribution >= 4 is 34.2 Å². The minimum absolute atomic E-state index is 0.195. The maximum absolute atomic E-state index is 13.3. The summed E-state index contributed by atoms with van der Waals surface area (Å²) in [6.45, 7) is 7.36. The third-order valence-electron chi connectivity index (χ3n) is 6.28. The van der Waals surface area contributed by atoms with E-state index in [-0.39, 0.29) is 24.2 Å². The van der Waals surface area contributed by atoms with Gasteiger partial charge in [-0.3, -0.25) is 9.69 Å². The summed E-state index contributed by atoms with van der Waals surface area (Å²) < 4.78 is 5.61. The molecule has 2 aromatic carbocycles. The van der Waals surface area contributed by atoms with Crippen molar-refractivity contribution in [3.8, 4) is 5.75 Å². The topological polar surface area (TPSA) is 77.7 Å². The number of nitrogens with zero attached hydrogens (tertiary/aromatic N) is 2. The van der Waals surface area contributed by atoms with Crippen LogP contribution in [0.15, 0.2) is 53.3 Å². The number of benzene rings is 2. The van der Waals surface area contributed by atoms with Gasteiger partial charge in [0.1, 0.15) is 5.75 Å². The summed E-state index contributed by atoms with van der Waals surface area (Å²) in [6.07, 6.45) is 2.15. The summed E-state index contributed by atoms with van der Waals surface area (Å²) in [5.74, 6) is 0.745. The lowest BCUT2D eigenvalue weighted by Crippen LogP contribution is -2.45. The number of ether oxygens (including phenoxy) is 1. The van der Waals surface area contributed by atoms with Crippen LogP contribution in [0.25, 0.3) is 10.9 Å². The van der Waals surface area contributed by atoms with Crippen LogP contribution < -0.4 is 15.6 Å². The first-order valence-corrected chi connectivity index (χ1v) is 12.2. The van der Waals surface area contributed by atoms with E-state index in [1.54, 1.807) is 29.2 Å². The SMILES string of the molecule is CCOc1ccc2[nH]c(=O)c(CN(C[C@@H]3CCCN3CC)C(=O)Nc3ccc(Cl)cc3)cc2c1. The van der Waals surface area contributed by atoms with Crippen molar-refractivity contribution in [2.24, 2.45) is 0 Å². The monoisotopic (exact) mass is 482 g/mol. The molecule has 1 saturated heterocycles. The van der Waals surface area contributed by atoms with E-state index in [4.69, 9.17) is 16.3 Å². The molecule has 0 spiro atoms. The number of aromatic nitrogens is 1. The van der Waals surface area contributed by atoms with Gasteiger partial charge < -0.3 is 19.9 Å². The highest BCUT2D eigenvalue weighted by atomic mass is 35.5. The Morgan fingerprint density at radius 1 is 1.21 bits per heavy atom. The Hall–Kier alpha value is -3.03. The summed E-state index contributed by atoms with van der Waals surface area (Å²) in [4.78, 5) is 33.3. The van der Waals surface area contributed by atoms with Crippen LogP contribution in [-0.2, 0) is 6.54 Å². The fourth-order valence-corrected chi connectivity index (χ4v) is 4.66. The van der Waals surface area contributed by atoms with Gasteiger partial charge in [0.25, 0.3) is 5.56 Å². The lowest BCUT2D eigenvalue weighted by Gasteiger charge is -2.30. The van der Waals surface area contributed by atoms with E-state index in [1.165, 1.54) is 0 Å². The zero-order valence-corrected chi connectivity index (χ0v) is 20.4. The van der Waals surface area contributed by atoms with Crippen molar-refractivity contribution in [2.45, 2.75) is 39.3 Å². The lowest BCUT2D eigenvalue weighted by molar-refractivity contribution is 0.174. The Morgan fingerprint density at radius 3 is 2.74 bits per heavy atom. The normalized spacial score (nSPS) is 16.0. The molecule has 0 saturated carbocycles. The van der Waals surface area contributed by atoms with Gasteiger partial charge in [-0.1, -0.05) is 18.5 Å². The molecule has 2 amide bonds. The number of pyridine rings is 1. The maximum atomic E-state index is 13.3. The van der Waals surface area contributed by atoms with Crippen LogP contribution in [0.5, 0.6) is 5.75 Å². The number of anilines is 1. The molecule has 0 unspecified atom stereocenters. The highest BCUT2D eigenvalue weighted by Crippen LogP contribution is 2.22. The lowest BCUT2D eigenvalue weighted by atomic mass is 10.1. The number of likely N-dealkylation sites (tertiary alicyclic amines) is 1. The Bertz CT molecular complexity index is 1190. The number of amides is 2. The number of urea groups is 1. The van der Waals surface area contributed by atoms with Crippen LogP contribution in [0, 0.1) is 0 Å². The van der Waals surface area contributed by atoms with Gasteiger partial charge in [-0.05, 0) is 81.4 Å². The second kappa shape index (κ2) is 10.9. The number of rotatable bonds is 8. The molecule has 4 rings (SSSR count). The molecule has 0 bridgehead atoms.